The lowest BCUT2D eigenvalue weighted by molar-refractivity contribution is 0.0954. The first-order valence-electron chi connectivity index (χ1n) is 9.42. The second-order valence-electron chi connectivity index (χ2n) is 6.60. The first-order valence-corrected chi connectivity index (χ1v) is 9.42. The van der Waals surface area contributed by atoms with Gasteiger partial charge in [-0.2, -0.15) is 10.1 Å². The largest absolute Gasteiger partial charge is 0.418 e. The third-order valence-electron chi connectivity index (χ3n) is 4.54. The number of amides is 2. The van der Waals surface area contributed by atoms with E-state index in [1.807, 2.05) is 4.90 Å². The Labute approximate surface area is 176 Å². The smallest absolute Gasteiger partial charge is 0.387 e. The van der Waals surface area contributed by atoms with Gasteiger partial charge in [0.05, 0.1) is 36.2 Å². The van der Waals surface area contributed by atoms with Gasteiger partial charge in [0.25, 0.3) is 11.8 Å². The van der Waals surface area contributed by atoms with Crippen molar-refractivity contribution in [1.82, 2.24) is 35.0 Å². The first-order chi connectivity index (χ1) is 15.0. The van der Waals surface area contributed by atoms with Crippen LogP contribution in [0.2, 0.25) is 0 Å². The number of carbonyl (C=O) groups excluding carboxylic acids is 2. The summed E-state index contributed by atoms with van der Waals surface area (Å²) in [6.45, 7) is 1.70. The van der Waals surface area contributed by atoms with Gasteiger partial charge in [0.2, 0.25) is 0 Å². The standard InChI is InChI=1S/C18H20N10O3/c1-19-16(29)14-12(8-23-27(14)2)25-18(30)31-17-15(24-11-6-20-10-21-7-11)22-9-13(26-17)28-4-3-5-28/h6-10H,3-5H2,1-2H3,(H,19,29)(H,22,24)(H,25,30). The summed E-state index contributed by atoms with van der Waals surface area (Å²) >= 11 is 0. The van der Waals surface area contributed by atoms with Crippen LogP contribution < -0.4 is 25.6 Å². The maximum Gasteiger partial charge on any atom is 0.418 e. The highest BCUT2D eigenvalue weighted by atomic mass is 16.6. The molecule has 0 aliphatic carbocycles. The van der Waals surface area contributed by atoms with E-state index in [9.17, 15) is 9.59 Å². The molecule has 3 N–H and O–H groups in total. The van der Waals surface area contributed by atoms with Crippen LogP contribution in [0.3, 0.4) is 0 Å². The molecule has 13 heteroatoms. The van der Waals surface area contributed by atoms with Gasteiger partial charge in [0.1, 0.15) is 12.0 Å². The van der Waals surface area contributed by atoms with Gasteiger partial charge in [-0.15, -0.1) is 0 Å². The Morgan fingerprint density at radius 1 is 1.13 bits per heavy atom. The molecule has 0 atom stereocenters. The molecule has 4 heterocycles. The van der Waals surface area contributed by atoms with Crippen LogP contribution in [0.1, 0.15) is 16.9 Å². The zero-order valence-electron chi connectivity index (χ0n) is 16.9. The van der Waals surface area contributed by atoms with Crippen LogP contribution in [-0.4, -0.2) is 61.9 Å². The minimum atomic E-state index is -0.847. The van der Waals surface area contributed by atoms with Gasteiger partial charge in [0.15, 0.2) is 11.6 Å². The Morgan fingerprint density at radius 2 is 1.90 bits per heavy atom. The minimum Gasteiger partial charge on any atom is -0.387 e. The zero-order chi connectivity index (χ0) is 21.8. The summed E-state index contributed by atoms with van der Waals surface area (Å²) in [4.78, 5) is 43.3. The van der Waals surface area contributed by atoms with Crippen molar-refractivity contribution in [3.8, 4) is 5.88 Å². The fraction of sp³-hybridized carbons (Fsp3) is 0.278. The molecule has 31 heavy (non-hydrogen) atoms. The first kappa shape index (κ1) is 20.0. The second-order valence-corrected chi connectivity index (χ2v) is 6.60. The molecule has 0 spiro atoms. The van der Waals surface area contributed by atoms with Crippen LogP contribution in [0, 0.1) is 0 Å². The van der Waals surface area contributed by atoms with Crippen molar-refractivity contribution in [3.05, 3.63) is 36.8 Å². The Hall–Kier alpha value is -4.29. The van der Waals surface area contributed by atoms with Gasteiger partial charge in [-0.25, -0.2) is 19.7 Å². The van der Waals surface area contributed by atoms with Crippen molar-refractivity contribution < 1.29 is 14.3 Å². The molecule has 1 aliphatic heterocycles. The Kier molecular flexibility index (Phi) is 5.55. The summed E-state index contributed by atoms with van der Waals surface area (Å²) in [6, 6.07) is 0. The van der Waals surface area contributed by atoms with E-state index in [1.54, 1.807) is 25.6 Å². The molecule has 0 bridgehead atoms. The summed E-state index contributed by atoms with van der Waals surface area (Å²) in [6.07, 6.45) is 7.66. The average molecular weight is 424 g/mol. The summed E-state index contributed by atoms with van der Waals surface area (Å²) in [5.41, 5.74) is 0.928. The van der Waals surface area contributed by atoms with Gasteiger partial charge in [0, 0.05) is 27.2 Å². The predicted molar refractivity (Wildman–Crippen MR) is 110 cm³/mol. The number of carbonyl (C=O) groups is 2. The Balaban J connectivity index is 1.57. The lowest BCUT2D eigenvalue weighted by atomic mass is 10.2. The molecule has 0 unspecified atom stereocenters. The highest BCUT2D eigenvalue weighted by Crippen LogP contribution is 2.28. The highest BCUT2D eigenvalue weighted by Gasteiger charge is 2.22. The van der Waals surface area contributed by atoms with Crippen molar-refractivity contribution in [2.24, 2.45) is 7.05 Å². The van der Waals surface area contributed by atoms with Crippen LogP contribution >= 0.6 is 0 Å². The van der Waals surface area contributed by atoms with E-state index in [4.69, 9.17) is 4.74 Å². The van der Waals surface area contributed by atoms with Crippen LogP contribution in [0.4, 0.5) is 27.8 Å². The van der Waals surface area contributed by atoms with Gasteiger partial charge < -0.3 is 20.3 Å². The minimum absolute atomic E-state index is 0.0314. The third-order valence-corrected chi connectivity index (χ3v) is 4.54. The number of nitrogens with zero attached hydrogens (tertiary/aromatic N) is 7. The van der Waals surface area contributed by atoms with Crippen molar-refractivity contribution in [2.75, 3.05) is 35.7 Å². The average Bonchev–Trinajstić information content (AvgIpc) is 3.08. The fourth-order valence-corrected chi connectivity index (χ4v) is 2.86. The number of rotatable bonds is 6. The normalized spacial score (nSPS) is 12.6. The number of hydrogen-bond donors (Lipinski definition) is 3. The zero-order valence-corrected chi connectivity index (χ0v) is 16.9. The molecule has 160 valence electrons. The SMILES string of the molecule is CNC(=O)c1c(NC(=O)Oc2nc(N3CCC3)cnc2Nc2cncnc2)cnn1C. The number of anilines is 4. The van der Waals surface area contributed by atoms with E-state index in [0.717, 1.165) is 19.5 Å². The third kappa shape index (κ3) is 4.34. The lowest BCUT2D eigenvalue weighted by Gasteiger charge is -2.31. The molecule has 0 aromatic carbocycles. The Bertz CT molecular complexity index is 1100. The molecule has 1 aliphatic rings. The van der Waals surface area contributed by atoms with Gasteiger partial charge in [-0.1, -0.05) is 0 Å². The molecule has 1 fully saturated rings. The predicted octanol–water partition coefficient (Wildman–Crippen LogP) is 0.924. The van der Waals surface area contributed by atoms with Crippen LogP contribution in [0.25, 0.3) is 0 Å². The monoisotopic (exact) mass is 424 g/mol. The van der Waals surface area contributed by atoms with E-state index >= 15 is 0 Å². The van der Waals surface area contributed by atoms with Crippen LogP contribution in [0.5, 0.6) is 5.88 Å². The van der Waals surface area contributed by atoms with E-state index in [2.05, 4.69) is 41.0 Å². The van der Waals surface area contributed by atoms with Gasteiger partial charge in [-0.05, 0) is 6.42 Å². The lowest BCUT2D eigenvalue weighted by Crippen LogP contribution is -2.37. The molecule has 2 amide bonds. The molecule has 0 radical (unpaired) electrons. The quantitative estimate of drug-likeness (QED) is 0.521. The molecule has 0 saturated carbocycles. The van der Waals surface area contributed by atoms with Crippen molar-refractivity contribution in [1.29, 1.82) is 0 Å². The number of aromatic nitrogens is 6. The summed E-state index contributed by atoms with van der Waals surface area (Å²) in [7, 11) is 3.08. The second kappa shape index (κ2) is 8.61. The molecular weight excluding hydrogens is 404 g/mol. The summed E-state index contributed by atoms with van der Waals surface area (Å²) in [5, 5.41) is 12.0. The molecule has 3 aromatic rings. The van der Waals surface area contributed by atoms with Crippen molar-refractivity contribution in [3.63, 3.8) is 0 Å². The number of nitrogens with one attached hydrogen (secondary N) is 3. The van der Waals surface area contributed by atoms with Gasteiger partial charge in [-0.3, -0.25) is 14.8 Å². The summed E-state index contributed by atoms with van der Waals surface area (Å²) in [5.74, 6) is 0.376. The molecule has 1 saturated heterocycles. The number of aryl methyl sites for hydroxylation is 1. The fourth-order valence-electron chi connectivity index (χ4n) is 2.86. The maximum atomic E-state index is 12.6. The van der Waals surface area contributed by atoms with E-state index in [-0.39, 0.29) is 23.1 Å². The van der Waals surface area contributed by atoms with E-state index in [0.29, 0.717) is 11.5 Å². The van der Waals surface area contributed by atoms with Crippen molar-refractivity contribution in [2.45, 2.75) is 6.42 Å². The van der Waals surface area contributed by atoms with E-state index in [1.165, 1.54) is 24.3 Å². The summed E-state index contributed by atoms with van der Waals surface area (Å²) < 4.78 is 6.78. The molecule has 3 aromatic heterocycles. The Morgan fingerprint density at radius 3 is 2.58 bits per heavy atom. The highest BCUT2D eigenvalue weighted by molar-refractivity contribution is 6.01. The topological polar surface area (TPSA) is 152 Å². The van der Waals surface area contributed by atoms with Gasteiger partial charge >= 0.3 is 6.09 Å². The van der Waals surface area contributed by atoms with E-state index < -0.39 is 12.0 Å². The molecule has 13 nitrogen and oxygen atoms in total. The van der Waals surface area contributed by atoms with Crippen LogP contribution in [-0.2, 0) is 7.05 Å². The van der Waals surface area contributed by atoms with Crippen LogP contribution in [0.15, 0.2) is 31.1 Å². The maximum absolute atomic E-state index is 12.6. The number of hydrogen-bond acceptors (Lipinski definition) is 10. The van der Waals surface area contributed by atoms with Crippen molar-refractivity contribution >= 4 is 35.0 Å². The molecular formula is C18H20N10O3. The molecule has 4 rings (SSSR count). The number of ether oxygens (including phenoxy) is 1.